The first-order valence-electron chi connectivity index (χ1n) is 5.19. The van der Waals surface area contributed by atoms with Crippen LogP contribution in [0.5, 0.6) is 0 Å². The molecule has 0 saturated heterocycles. The monoisotopic (exact) mass is 285 g/mol. The number of nitrogens with one attached hydrogen (secondary N) is 1. The van der Waals surface area contributed by atoms with Crippen LogP contribution < -0.4 is 5.32 Å². The van der Waals surface area contributed by atoms with E-state index >= 15 is 0 Å². The second-order valence-corrected chi connectivity index (χ2v) is 4.47. The Labute approximate surface area is 104 Å². The van der Waals surface area contributed by atoms with E-state index in [-0.39, 0.29) is 12.0 Å². The van der Waals surface area contributed by atoms with Crippen LogP contribution in [0, 0.1) is 6.92 Å². The maximum Gasteiger partial charge on any atom is 0.328 e. The minimum Gasteiger partial charge on any atom is -0.467 e. The van der Waals surface area contributed by atoms with Crippen molar-refractivity contribution < 1.29 is 9.53 Å². The molecule has 0 amide bonds. The largest absolute Gasteiger partial charge is 0.467 e. The van der Waals surface area contributed by atoms with Gasteiger partial charge in [-0.15, -0.1) is 0 Å². The molecule has 0 aliphatic rings. The molecule has 88 valence electrons. The van der Waals surface area contributed by atoms with Gasteiger partial charge in [-0.3, -0.25) is 0 Å². The lowest BCUT2D eigenvalue weighted by Crippen LogP contribution is -2.29. The molecule has 1 atom stereocenters. The number of carbonyl (C=O) groups is 1. The first-order valence-corrected chi connectivity index (χ1v) is 5.98. The van der Waals surface area contributed by atoms with Crippen molar-refractivity contribution in [1.29, 1.82) is 0 Å². The zero-order valence-electron chi connectivity index (χ0n) is 9.71. The minimum atomic E-state index is -0.302. The normalized spacial score (nSPS) is 12.0. The van der Waals surface area contributed by atoms with Gasteiger partial charge < -0.3 is 10.1 Å². The van der Waals surface area contributed by atoms with Crippen LogP contribution in [0.15, 0.2) is 22.7 Å². The number of aryl methyl sites for hydroxylation is 1. The number of rotatable bonds is 4. The van der Waals surface area contributed by atoms with Crippen LogP contribution in [0.4, 0.5) is 5.69 Å². The number of hydrogen-bond donors (Lipinski definition) is 1. The number of benzene rings is 1. The zero-order chi connectivity index (χ0) is 12.1. The molecule has 0 aliphatic carbocycles. The summed E-state index contributed by atoms with van der Waals surface area (Å²) in [6.07, 6.45) is 0.687. The van der Waals surface area contributed by atoms with Crippen molar-refractivity contribution in [2.45, 2.75) is 26.3 Å². The Morgan fingerprint density at radius 2 is 2.25 bits per heavy atom. The standard InChI is InChI=1S/C12H16BrNO2/c1-4-10(12(15)16-3)14-11-6-5-8(2)7-9(11)13/h5-7,10,14H,4H2,1-3H3. The highest BCUT2D eigenvalue weighted by Gasteiger charge is 2.17. The van der Waals surface area contributed by atoms with Crippen molar-refractivity contribution in [2.75, 3.05) is 12.4 Å². The molecule has 1 aromatic carbocycles. The van der Waals surface area contributed by atoms with Crippen LogP contribution in [0.3, 0.4) is 0 Å². The molecule has 0 radical (unpaired) electrons. The summed E-state index contributed by atoms with van der Waals surface area (Å²) >= 11 is 3.46. The van der Waals surface area contributed by atoms with Crippen molar-refractivity contribution in [2.24, 2.45) is 0 Å². The Kier molecular flexibility index (Phi) is 4.80. The van der Waals surface area contributed by atoms with Gasteiger partial charge in [-0.25, -0.2) is 4.79 Å². The molecule has 3 nitrogen and oxygen atoms in total. The molecular weight excluding hydrogens is 270 g/mol. The number of anilines is 1. The smallest absolute Gasteiger partial charge is 0.328 e. The van der Waals surface area contributed by atoms with Crippen LogP contribution in [-0.4, -0.2) is 19.1 Å². The van der Waals surface area contributed by atoms with Gasteiger partial charge in [0.2, 0.25) is 0 Å². The van der Waals surface area contributed by atoms with Crippen LogP contribution in [0.2, 0.25) is 0 Å². The lowest BCUT2D eigenvalue weighted by Gasteiger charge is -2.17. The van der Waals surface area contributed by atoms with Crippen LogP contribution in [0.1, 0.15) is 18.9 Å². The fourth-order valence-corrected chi connectivity index (χ4v) is 2.00. The fraction of sp³-hybridized carbons (Fsp3) is 0.417. The van der Waals surface area contributed by atoms with Crippen LogP contribution in [-0.2, 0) is 9.53 Å². The third kappa shape index (κ3) is 3.23. The van der Waals surface area contributed by atoms with Gasteiger partial charge in [0.25, 0.3) is 0 Å². The highest BCUT2D eigenvalue weighted by atomic mass is 79.9. The summed E-state index contributed by atoms with van der Waals surface area (Å²) in [4.78, 5) is 11.4. The van der Waals surface area contributed by atoms with Crippen molar-refractivity contribution >= 4 is 27.6 Å². The Morgan fingerprint density at radius 3 is 2.75 bits per heavy atom. The molecule has 0 aliphatic heterocycles. The van der Waals surface area contributed by atoms with Gasteiger partial charge in [0.15, 0.2) is 0 Å². The topological polar surface area (TPSA) is 38.3 Å². The van der Waals surface area contributed by atoms with Gasteiger partial charge >= 0.3 is 5.97 Å². The third-order valence-electron chi connectivity index (χ3n) is 2.35. The number of ether oxygens (including phenoxy) is 1. The van der Waals surface area contributed by atoms with E-state index in [2.05, 4.69) is 21.2 Å². The number of halogens is 1. The van der Waals surface area contributed by atoms with E-state index in [0.29, 0.717) is 6.42 Å². The van der Waals surface area contributed by atoms with Crippen LogP contribution >= 0.6 is 15.9 Å². The van der Waals surface area contributed by atoms with Crippen molar-refractivity contribution in [1.82, 2.24) is 0 Å². The molecule has 0 heterocycles. The van der Waals surface area contributed by atoms with Gasteiger partial charge in [-0.1, -0.05) is 13.0 Å². The van der Waals surface area contributed by atoms with E-state index in [0.717, 1.165) is 10.2 Å². The summed E-state index contributed by atoms with van der Waals surface area (Å²) < 4.78 is 5.68. The summed E-state index contributed by atoms with van der Waals surface area (Å²) in [5.41, 5.74) is 2.08. The highest BCUT2D eigenvalue weighted by molar-refractivity contribution is 9.10. The summed E-state index contributed by atoms with van der Waals surface area (Å²) in [5, 5.41) is 3.15. The van der Waals surface area contributed by atoms with E-state index in [1.54, 1.807) is 0 Å². The average molecular weight is 286 g/mol. The summed E-state index contributed by atoms with van der Waals surface area (Å²) in [7, 11) is 1.40. The van der Waals surface area contributed by atoms with E-state index < -0.39 is 0 Å². The van der Waals surface area contributed by atoms with Crippen molar-refractivity contribution in [3.05, 3.63) is 28.2 Å². The Bertz CT molecular complexity index is 379. The van der Waals surface area contributed by atoms with Gasteiger partial charge in [-0.2, -0.15) is 0 Å². The predicted molar refractivity (Wildman–Crippen MR) is 68.6 cm³/mol. The number of carbonyl (C=O) groups excluding carboxylic acids is 1. The van der Waals surface area contributed by atoms with Gasteiger partial charge in [-0.05, 0) is 47.0 Å². The SMILES string of the molecule is CCC(Nc1ccc(C)cc1Br)C(=O)OC. The molecule has 4 heteroatoms. The maximum absolute atomic E-state index is 11.4. The number of methoxy groups -OCH3 is 1. The summed E-state index contributed by atoms with van der Waals surface area (Å²) in [6, 6.07) is 5.65. The zero-order valence-corrected chi connectivity index (χ0v) is 11.3. The molecule has 0 aromatic heterocycles. The second-order valence-electron chi connectivity index (χ2n) is 3.61. The molecule has 16 heavy (non-hydrogen) atoms. The predicted octanol–water partition coefficient (Wildman–Crippen LogP) is 3.12. The van der Waals surface area contributed by atoms with Gasteiger partial charge in [0, 0.05) is 10.2 Å². The van der Waals surface area contributed by atoms with Crippen molar-refractivity contribution in [3.8, 4) is 0 Å². The Balaban J connectivity index is 2.82. The van der Waals surface area contributed by atoms with E-state index in [9.17, 15) is 4.79 Å². The molecule has 1 rings (SSSR count). The van der Waals surface area contributed by atoms with E-state index in [4.69, 9.17) is 4.74 Å². The summed E-state index contributed by atoms with van der Waals surface area (Å²) in [6.45, 7) is 3.96. The van der Waals surface area contributed by atoms with E-state index in [1.807, 2.05) is 32.0 Å². The molecule has 0 fully saturated rings. The first kappa shape index (κ1) is 13.0. The van der Waals surface area contributed by atoms with Crippen LogP contribution in [0.25, 0.3) is 0 Å². The van der Waals surface area contributed by atoms with Gasteiger partial charge in [0.05, 0.1) is 7.11 Å². The third-order valence-corrected chi connectivity index (χ3v) is 3.00. The Morgan fingerprint density at radius 1 is 1.56 bits per heavy atom. The highest BCUT2D eigenvalue weighted by Crippen LogP contribution is 2.24. The van der Waals surface area contributed by atoms with E-state index in [1.165, 1.54) is 12.7 Å². The maximum atomic E-state index is 11.4. The summed E-state index contributed by atoms with van der Waals surface area (Å²) in [5.74, 6) is -0.241. The fourth-order valence-electron chi connectivity index (χ4n) is 1.39. The Hall–Kier alpha value is -1.03. The quantitative estimate of drug-likeness (QED) is 0.864. The first-order chi connectivity index (χ1) is 7.58. The molecule has 0 spiro atoms. The molecule has 0 bridgehead atoms. The minimum absolute atomic E-state index is 0.241. The molecule has 0 saturated carbocycles. The lowest BCUT2D eigenvalue weighted by molar-refractivity contribution is -0.141. The molecule has 1 unspecified atom stereocenters. The molecule has 1 N–H and O–H groups in total. The number of esters is 1. The molecule has 1 aromatic rings. The molecular formula is C12H16BrNO2. The van der Waals surface area contributed by atoms with Gasteiger partial charge in [0.1, 0.15) is 6.04 Å². The second kappa shape index (κ2) is 5.89. The average Bonchev–Trinajstić information content (AvgIpc) is 2.27. The lowest BCUT2D eigenvalue weighted by atomic mass is 10.2. The van der Waals surface area contributed by atoms with Crippen molar-refractivity contribution in [3.63, 3.8) is 0 Å². The number of hydrogen-bond acceptors (Lipinski definition) is 3.